The van der Waals surface area contributed by atoms with Gasteiger partial charge in [-0.1, -0.05) is 11.6 Å². The summed E-state index contributed by atoms with van der Waals surface area (Å²) in [5, 5.41) is 6.60. The van der Waals surface area contributed by atoms with Crippen LogP contribution in [0.5, 0.6) is 0 Å². The molecule has 35 heavy (non-hydrogen) atoms. The molecule has 0 radical (unpaired) electrons. The third kappa shape index (κ3) is 5.11. The van der Waals surface area contributed by atoms with Gasteiger partial charge >= 0.3 is 0 Å². The average molecular weight is 498 g/mol. The van der Waals surface area contributed by atoms with Gasteiger partial charge in [-0.05, 0) is 84.3 Å². The van der Waals surface area contributed by atoms with Crippen molar-refractivity contribution >= 4 is 28.7 Å². The summed E-state index contributed by atoms with van der Waals surface area (Å²) in [5.74, 6) is -0.229. The minimum absolute atomic E-state index is 0.0867. The van der Waals surface area contributed by atoms with E-state index in [2.05, 4.69) is 41.2 Å². The molecular weight excluding hydrogens is 462 g/mol. The topological polar surface area (TPSA) is 72.9 Å². The fraction of sp³-hybridized carbons (Fsp3) is 0.481. The van der Waals surface area contributed by atoms with Gasteiger partial charge in [0.15, 0.2) is 5.43 Å². The van der Waals surface area contributed by atoms with Gasteiger partial charge in [-0.15, -0.1) is 0 Å². The zero-order valence-electron chi connectivity index (χ0n) is 21.3. The van der Waals surface area contributed by atoms with Crippen LogP contribution in [0.4, 0.5) is 5.69 Å². The number of nitrogens with one attached hydrogen (secondary N) is 2. The maximum atomic E-state index is 13.3. The molecule has 0 spiro atoms. The molecule has 2 N–H and O–H groups in total. The fourth-order valence-corrected chi connectivity index (χ4v) is 5.69. The number of benzene rings is 1. The molecule has 0 unspecified atom stereocenters. The van der Waals surface area contributed by atoms with Crippen molar-refractivity contribution in [3.63, 3.8) is 0 Å². The Hall–Kier alpha value is -2.77. The SMILES string of the molecule is CCN(c1cc(Cl)cc(C(=O)NCc2c(=O)cc(C)n3[nH]ccc23)c1C)C1CCC(N(C)C)CC1. The molecule has 0 atom stereocenters. The number of carbonyl (C=O) groups excluding carboxylic acids is 1. The molecule has 4 rings (SSSR count). The first-order valence-electron chi connectivity index (χ1n) is 12.4. The Morgan fingerprint density at radius 3 is 2.49 bits per heavy atom. The molecule has 1 aliphatic rings. The van der Waals surface area contributed by atoms with Crippen LogP contribution in [0.25, 0.3) is 5.52 Å². The Morgan fingerprint density at radius 2 is 1.83 bits per heavy atom. The van der Waals surface area contributed by atoms with Crippen molar-refractivity contribution in [2.45, 2.75) is 65.1 Å². The van der Waals surface area contributed by atoms with E-state index in [1.165, 1.54) is 12.8 Å². The zero-order valence-corrected chi connectivity index (χ0v) is 22.1. The second-order valence-corrected chi connectivity index (χ2v) is 10.2. The first-order valence-corrected chi connectivity index (χ1v) is 12.8. The van der Waals surface area contributed by atoms with Gasteiger partial charge in [0, 0.05) is 65.0 Å². The number of anilines is 1. The van der Waals surface area contributed by atoms with Crippen molar-refractivity contribution in [2.75, 3.05) is 25.5 Å². The van der Waals surface area contributed by atoms with Crippen molar-refractivity contribution in [2.24, 2.45) is 0 Å². The molecule has 1 aromatic carbocycles. The maximum absolute atomic E-state index is 13.3. The normalized spacial score (nSPS) is 18.3. The Labute approximate surface area is 212 Å². The van der Waals surface area contributed by atoms with Crippen LogP contribution in [0.1, 0.15) is 59.8 Å². The lowest BCUT2D eigenvalue weighted by Crippen LogP contribution is -2.42. The van der Waals surface area contributed by atoms with E-state index < -0.39 is 0 Å². The summed E-state index contributed by atoms with van der Waals surface area (Å²) in [7, 11) is 4.31. The first kappa shape index (κ1) is 25.3. The van der Waals surface area contributed by atoms with E-state index in [1.807, 2.05) is 30.5 Å². The summed E-state index contributed by atoms with van der Waals surface area (Å²) >= 11 is 6.52. The van der Waals surface area contributed by atoms with E-state index in [0.29, 0.717) is 28.2 Å². The van der Waals surface area contributed by atoms with Crippen LogP contribution < -0.4 is 15.6 Å². The zero-order chi connectivity index (χ0) is 25.3. The third-order valence-electron chi connectivity index (χ3n) is 7.49. The largest absolute Gasteiger partial charge is 0.369 e. The number of fused-ring (bicyclic) bond motifs is 1. The number of aromatic amines is 1. The second kappa shape index (κ2) is 10.5. The molecule has 3 aromatic rings. The molecular formula is C27H36ClN5O2. The highest BCUT2D eigenvalue weighted by atomic mass is 35.5. The van der Waals surface area contributed by atoms with Crippen molar-refractivity contribution in [1.82, 2.24) is 19.8 Å². The van der Waals surface area contributed by atoms with Crippen molar-refractivity contribution in [3.8, 4) is 0 Å². The standard InChI is InChI=1S/C27H36ClN5O2/c1-6-32(21-9-7-20(8-10-21)31(4)5)25-15-19(28)14-22(18(25)3)27(35)29-16-23-24-11-12-30-33(24)17(2)13-26(23)34/h11-15,20-21,30H,6-10,16H2,1-5H3,(H,29,35). The number of amides is 1. The lowest BCUT2D eigenvalue weighted by molar-refractivity contribution is 0.0950. The Morgan fingerprint density at radius 1 is 1.14 bits per heavy atom. The summed E-state index contributed by atoms with van der Waals surface area (Å²) in [5.41, 5.74) is 4.53. The first-order chi connectivity index (χ1) is 16.7. The highest BCUT2D eigenvalue weighted by molar-refractivity contribution is 6.31. The van der Waals surface area contributed by atoms with E-state index in [-0.39, 0.29) is 17.9 Å². The lowest BCUT2D eigenvalue weighted by atomic mass is 9.89. The van der Waals surface area contributed by atoms with Gasteiger partial charge in [0.05, 0.1) is 5.52 Å². The van der Waals surface area contributed by atoms with Crippen LogP contribution in [0, 0.1) is 13.8 Å². The van der Waals surface area contributed by atoms with Crippen LogP contribution in [0.3, 0.4) is 0 Å². The van der Waals surface area contributed by atoms with E-state index in [9.17, 15) is 9.59 Å². The quantitative estimate of drug-likeness (QED) is 0.503. The molecule has 2 aromatic heterocycles. The van der Waals surface area contributed by atoms with E-state index in [1.54, 1.807) is 18.3 Å². The molecule has 0 bridgehead atoms. The molecule has 1 amide bonds. The number of hydrogen-bond acceptors (Lipinski definition) is 4. The second-order valence-electron chi connectivity index (χ2n) is 9.80. The molecule has 7 nitrogen and oxygen atoms in total. The molecule has 0 aliphatic heterocycles. The molecule has 1 fully saturated rings. The van der Waals surface area contributed by atoms with Gasteiger partial charge in [-0.25, -0.2) is 0 Å². The van der Waals surface area contributed by atoms with Gasteiger partial charge in [0.2, 0.25) is 0 Å². The van der Waals surface area contributed by atoms with Gasteiger partial charge in [-0.2, -0.15) is 0 Å². The van der Waals surface area contributed by atoms with Crippen LogP contribution >= 0.6 is 11.6 Å². The highest BCUT2D eigenvalue weighted by Crippen LogP contribution is 2.34. The molecule has 1 saturated carbocycles. The monoisotopic (exact) mass is 497 g/mol. The van der Waals surface area contributed by atoms with Gasteiger partial charge < -0.3 is 20.2 Å². The van der Waals surface area contributed by atoms with E-state index in [0.717, 1.165) is 41.8 Å². The number of aromatic nitrogens is 2. The Bertz CT molecular complexity index is 1270. The average Bonchev–Trinajstić information content (AvgIpc) is 3.32. The number of hydrogen-bond donors (Lipinski definition) is 2. The van der Waals surface area contributed by atoms with Crippen LogP contribution in [-0.2, 0) is 6.54 Å². The van der Waals surface area contributed by atoms with E-state index >= 15 is 0 Å². The minimum Gasteiger partial charge on any atom is -0.369 e. The van der Waals surface area contributed by atoms with E-state index in [4.69, 9.17) is 11.6 Å². The molecule has 2 heterocycles. The Balaban J connectivity index is 1.56. The smallest absolute Gasteiger partial charge is 0.251 e. The third-order valence-corrected chi connectivity index (χ3v) is 7.71. The number of nitrogens with zero attached hydrogens (tertiary/aromatic N) is 3. The predicted molar refractivity (Wildman–Crippen MR) is 143 cm³/mol. The highest BCUT2D eigenvalue weighted by Gasteiger charge is 2.28. The fourth-order valence-electron chi connectivity index (χ4n) is 5.48. The van der Waals surface area contributed by atoms with Crippen molar-refractivity contribution in [1.29, 1.82) is 0 Å². The summed E-state index contributed by atoms with van der Waals surface area (Å²) < 4.78 is 1.84. The lowest BCUT2D eigenvalue weighted by Gasteiger charge is -2.40. The van der Waals surface area contributed by atoms with Crippen LogP contribution in [0.2, 0.25) is 5.02 Å². The molecule has 0 saturated heterocycles. The number of pyridine rings is 1. The van der Waals surface area contributed by atoms with Crippen molar-refractivity contribution in [3.05, 3.63) is 68.1 Å². The minimum atomic E-state index is -0.229. The number of rotatable bonds is 7. The summed E-state index contributed by atoms with van der Waals surface area (Å²) in [6.45, 7) is 7.01. The summed E-state index contributed by atoms with van der Waals surface area (Å²) in [6, 6.07) is 8.19. The predicted octanol–water partition coefficient (Wildman–Crippen LogP) is 4.53. The maximum Gasteiger partial charge on any atom is 0.251 e. The van der Waals surface area contributed by atoms with Crippen LogP contribution in [0.15, 0.2) is 35.3 Å². The number of aryl methyl sites for hydroxylation is 1. The van der Waals surface area contributed by atoms with Gasteiger partial charge in [-0.3, -0.25) is 14.1 Å². The molecule has 8 heteroatoms. The summed E-state index contributed by atoms with van der Waals surface area (Å²) in [4.78, 5) is 30.6. The number of carbonyl (C=O) groups is 1. The Kier molecular flexibility index (Phi) is 7.57. The molecule has 188 valence electrons. The molecule has 1 aliphatic carbocycles. The van der Waals surface area contributed by atoms with Gasteiger partial charge in [0.1, 0.15) is 0 Å². The number of halogens is 1. The van der Waals surface area contributed by atoms with Gasteiger partial charge in [0.25, 0.3) is 5.91 Å². The van der Waals surface area contributed by atoms with Crippen LogP contribution in [-0.4, -0.2) is 53.1 Å². The van der Waals surface area contributed by atoms with Crippen molar-refractivity contribution < 1.29 is 4.79 Å². The number of H-pyrrole nitrogens is 1. The summed E-state index contributed by atoms with van der Waals surface area (Å²) in [6.07, 6.45) is 6.36.